The zero-order valence-electron chi connectivity index (χ0n) is 21.5. The Morgan fingerprint density at radius 1 is 1.05 bits per heavy atom. The van der Waals surface area contributed by atoms with Crippen molar-refractivity contribution in [1.29, 1.82) is 0 Å². The van der Waals surface area contributed by atoms with Crippen LogP contribution in [0.25, 0.3) is 17.3 Å². The number of anilines is 2. The average molecular weight is 525 g/mol. The molecule has 0 aliphatic carbocycles. The second-order valence-electron chi connectivity index (χ2n) is 8.70. The van der Waals surface area contributed by atoms with Gasteiger partial charge in [0.1, 0.15) is 22.9 Å². The number of aromatic carboxylic acids is 1. The minimum absolute atomic E-state index is 0.0463. The normalized spacial score (nSPS) is 12.3. The van der Waals surface area contributed by atoms with Crippen LogP contribution in [-0.4, -0.2) is 41.0 Å². The molecule has 2 heterocycles. The second kappa shape index (κ2) is 10.7. The zero-order chi connectivity index (χ0) is 27.5. The molecular formula is C30H25FN4O4. The fraction of sp³-hybridized carbons (Fsp3) is 0.133. The van der Waals surface area contributed by atoms with Crippen LogP contribution in [0.1, 0.15) is 39.5 Å². The van der Waals surface area contributed by atoms with Gasteiger partial charge in [0.05, 0.1) is 37.7 Å². The molecule has 0 saturated heterocycles. The minimum Gasteiger partial charge on any atom is -0.496 e. The van der Waals surface area contributed by atoms with Crippen molar-refractivity contribution in [3.8, 4) is 22.8 Å². The van der Waals surface area contributed by atoms with Gasteiger partial charge in [0, 0.05) is 34.6 Å². The molecule has 2 N–H and O–H groups in total. The number of hydrogen-bond donors (Lipinski definition) is 2. The van der Waals surface area contributed by atoms with Crippen molar-refractivity contribution in [2.45, 2.75) is 13.5 Å². The summed E-state index contributed by atoms with van der Waals surface area (Å²) in [6.45, 7) is 2.16. The molecule has 0 atom stereocenters. The van der Waals surface area contributed by atoms with Crippen molar-refractivity contribution < 1.29 is 23.8 Å². The molecule has 4 aromatic rings. The highest BCUT2D eigenvalue weighted by Gasteiger charge is 2.25. The van der Waals surface area contributed by atoms with Crippen molar-refractivity contribution in [2.24, 2.45) is 4.99 Å². The molecule has 5 rings (SSSR count). The number of methoxy groups -OCH3 is 2. The first kappa shape index (κ1) is 25.6. The topological polar surface area (TPSA) is 106 Å². The molecule has 196 valence electrons. The number of nitrogens with zero attached hydrogens (tertiary/aromatic N) is 3. The lowest BCUT2D eigenvalue weighted by Crippen LogP contribution is -2.10. The highest BCUT2D eigenvalue weighted by atomic mass is 19.1. The third kappa shape index (κ3) is 4.94. The summed E-state index contributed by atoms with van der Waals surface area (Å²) in [4.78, 5) is 25.5. The van der Waals surface area contributed by atoms with E-state index in [1.165, 1.54) is 26.4 Å². The average Bonchev–Trinajstić information content (AvgIpc) is 3.09. The molecule has 0 radical (unpaired) electrons. The van der Waals surface area contributed by atoms with E-state index in [4.69, 9.17) is 19.5 Å². The van der Waals surface area contributed by atoms with Crippen molar-refractivity contribution >= 4 is 29.4 Å². The number of aliphatic imine (C=N–C) groups is 1. The number of ether oxygens (including phenoxy) is 2. The smallest absolute Gasteiger partial charge is 0.339 e. The molecule has 0 bridgehead atoms. The summed E-state index contributed by atoms with van der Waals surface area (Å²) in [6.07, 6.45) is 5.58. The van der Waals surface area contributed by atoms with Gasteiger partial charge in [-0.2, -0.15) is 0 Å². The number of carbonyl (C=O) groups is 1. The number of benzene rings is 3. The Kier molecular flexibility index (Phi) is 7.05. The Hall–Kier alpha value is -5.05. The van der Waals surface area contributed by atoms with Crippen LogP contribution in [0.15, 0.2) is 71.9 Å². The molecule has 1 aromatic heterocycles. The number of aromatic nitrogens is 2. The van der Waals surface area contributed by atoms with Crippen LogP contribution < -0.4 is 14.8 Å². The van der Waals surface area contributed by atoms with Crippen molar-refractivity contribution in [3.05, 3.63) is 101 Å². The molecule has 1 aliphatic rings. The van der Waals surface area contributed by atoms with Gasteiger partial charge in [0.25, 0.3) is 0 Å². The summed E-state index contributed by atoms with van der Waals surface area (Å²) in [5, 5.41) is 12.5. The fourth-order valence-electron chi connectivity index (χ4n) is 4.52. The molecule has 8 nitrogen and oxygen atoms in total. The number of rotatable bonds is 7. The number of nitrogens with one attached hydrogen (secondary N) is 1. The molecule has 0 saturated carbocycles. The fourth-order valence-corrected chi connectivity index (χ4v) is 4.52. The third-order valence-corrected chi connectivity index (χ3v) is 6.31. The van der Waals surface area contributed by atoms with E-state index in [2.05, 4.69) is 10.3 Å². The standard InChI is InChI=1S/C30H25FN4O4/c1-4-6-17-9-11-20-22(13-17)28(26-23(31)7-5-8-24(26)38-2)32-15-18-16-33-30(35-27(18)20)34-19-10-12-21(29(36)37)25(14-19)39-3/h4-14,16H,15H2,1-3H3,(H,36,37)(H,33,34,35)/b6-4+. The van der Waals surface area contributed by atoms with E-state index < -0.39 is 11.8 Å². The van der Waals surface area contributed by atoms with Gasteiger partial charge in [0.2, 0.25) is 5.95 Å². The Balaban J connectivity index is 1.63. The molecule has 39 heavy (non-hydrogen) atoms. The van der Waals surface area contributed by atoms with Crippen LogP contribution in [0, 0.1) is 5.82 Å². The Morgan fingerprint density at radius 2 is 1.87 bits per heavy atom. The molecule has 0 fully saturated rings. The number of carboxylic acids is 1. The van der Waals surface area contributed by atoms with Gasteiger partial charge in [-0.1, -0.05) is 30.4 Å². The van der Waals surface area contributed by atoms with Gasteiger partial charge >= 0.3 is 5.97 Å². The second-order valence-corrected chi connectivity index (χ2v) is 8.70. The highest BCUT2D eigenvalue weighted by Crippen LogP contribution is 2.36. The van der Waals surface area contributed by atoms with Crippen LogP contribution in [0.3, 0.4) is 0 Å². The Labute approximate surface area is 224 Å². The first-order valence-electron chi connectivity index (χ1n) is 12.1. The van der Waals surface area contributed by atoms with Crippen LogP contribution in [-0.2, 0) is 6.54 Å². The molecule has 0 amide bonds. The van der Waals surface area contributed by atoms with Crippen LogP contribution >= 0.6 is 0 Å². The largest absolute Gasteiger partial charge is 0.496 e. The van der Waals surface area contributed by atoms with Gasteiger partial charge in [-0.05, 0) is 42.8 Å². The first-order valence-corrected chi connectivity index (χ1v) is 12.1. The van der Waals surface area contributed by atoms with E-state index in [-0.39, 0.29) is 23.4 Å². The Bertz CT molecular complexity index is 1650. The third-order valence-electron chi connectivity index (χ3n) is 6.31. The maximum absolute atomic E-state index is 15.2. The number of carboxylic acid groups (broad SMARTS) is 1. The number of fused-ring (bicyclic) bond motifs is 3. The highest BCUT2D eigenvalue weighted by molar-refractivity contribution is 6.18. The molecule has 0 spiro atoms. The SMILES string of the molecule is C/C=C/c1ccc2c(c1)C(c1c(F)cccc1OC)=NCc1cnc(Nc3ccc(C(=O)O)c(OC)c3)nc1-2. The van der Waals surface area contributed by atoms with Crippen molar-refractivity contribution in [2.75, 3.05) is 19.5 Å². The van der Waals surface area contributed by atoms with E-state index in [0.717, 1.165) is 16.7 Å². The number of hydrogen-bond acceptors (Lipinski definition) is 7. The van der Waals surface area contributed by atoms with Gasteiger partial charge in [0.15, 0.2) is 0 Å². The van der Waals surface area contributed by atoms with Gasteiger partial charge in [-0.3, -0.25) is 4.99 Å². The molecule has 3 aromatic carbocycles. The molecule has 9 heteroatoms. The summed E-state index contributed by atoms with van der Waals surface area (Å²) in [6, 6.07) is 15.2. The van der Waals surface area contributed by atoms with E-state index in [1.807, 2.05) is 37.3 Å². The maximum Gasteiger partial charge on any atom is 0.339 e. The lowest BCUT2D eigenvalue weighted by Gasteiger charge is -2.15. The predicted molar refractivity (Wildman–Crippen MR) is 148 cm³/mol. The number of halogens is 1. The molecule has 1 aliphatic heterocycles. The predicted octanol–water partition coefficient (Wildman–Crippen LogP) is 6.13. The van der Waals surface area contributed by atoms with E-state index >= 15 is 4.39 Å². The molecular weight excluding hydrogens is 499 g/mol. The van der Waals surface area contributed by atoms with Gasteiger partial charge < -0.3 is 19.9 Å². The van der Waals surface area contributed by atoms with Crippen LogP contribution in [0.2, 0.25) is 0 Å². The van der Waals surface area contributed by atoms with E-state index in [1.54, 1.807) is 30.5 Å². The van der Waals surface area contributed by atoms with Crippen LogP contribution in [0.5, 0.6) is 11.5 Å². The van der Waals surface area contributed by atoms with Gasteiger partial charge in [-0.25, -0.2) is 19.2 Å². The van der Waals surface area contributed by atoms with E-state index in [9.17, 15) is 9.90 Å². The minimum atomic E-state index is -1.09. The lowest BCUT2D eigenvalue weighted by atomic mass is 9.92. The summed E-state index contributed by atoms with van der Waals surface area (Å²) < 4.78 is 25.9. The van der Waals surface area contributed by atoms with Crippen molar-refractivity contribution in [3.63, 3.8) is 0 Å². The quantitative estimate of drug-likeness (QED) is 0.300. The summed E-state index contributed by atoms with van der Waals surface area (Å²) in [5.41, 5.74) is 5.18. The number of allylic oxidation sites excluding steroid dienone is 1. The van der Waals surface area contributed by atoms with Gasteiger partial charge in [-0.15, -0.1) is 0 Å². The summed E-state index contributed by atoms with van der Waals surface area (Å²) >= 11 is 0. The monoisotopic (exact) mass is 524 g/mol. The van der Waals surface area contributed by atoms with Crippen LogP contribution in [0.4, 0.5) is 16.0 Å². The first-order chi connectivity index (χ1) is 18.9. The Morgan fingerprint density at radius 3 is 2.62 bits per heavy atom. The zero-order valence-corrected chi connectivity index (χ0v) is 21.5. The lowest BCUT2D eigenvalue weighted by molar-refractivity contribution is 0.0693. The maximum atomic E-state index is 15.2. The van der Waals surface area contributed by atoms with E-state index in [0.29, 0.717) is 34.4 Å². The molecule has 0 unspecified atom stereocenters. The van der Waals surface area contributed by atoms with Crippen molar-refractivity contribution in [1.82, 2.24) is 9.97 Å². The summed E-state index contributed by atoms with van der Waals surface area (Å²) in [7, 11) is 2.91. The summed E-state index contributed by atoms with van der Waals surface area (Å²) in [5.74, 6) is -0.631.